The predicted octanol–water partition coefficient (Wildman–Crippen LogP) is 2.31. The largest absolute Gasteiger partial charge is 0.496 e. The van der Waals surface area contributed by atoms with Crippen molar-refractivity contribution in [2.75, 3.05) is 13.7 Å². The minimum absolute atomic E-state index is 0.0656. The summed E-state index contributed by atoms with van der Waals surface area (Å²) in [5.74, 6) is -0.300. The van der Waals surface area contributed by atoms with Crippen molar-refractivity contribution in [2.24, 2.45) is 5.73 Å². The average molecular weight is 215 g/mol. The van der Waals surface area contributed by atoms with Gasteiger partial charge in [-0.25, -0.2) is 8.78 Å². The normalized spacial score (nSPS) is 12.9. The maximum absolute atomic E-state index is 12.6. The van der Waals surface area contributed by atoms with E-state index in [1.165, 1.54) is 7.11 Å². The Kier molecular flexibility index (Phi) is 4.03. The number of alkyl halides is 2. The first kappa shape index (κ1) is 11.9. The monoisotopic (exact) mass is 215 g/mol. The van der Waals surface area contributed by atoms with Crippen molar-refractivity contribution in [2.45, 2.75) is 19.3 Å². The molecule has 1 aromatic carbocycles. The third-order valence-corrected chi connectivity index (χ3v) is 2.42. The summed E-state index contributed by atoms with van der Waals surface area (Å²) in [5.41, 5.74) is 6.76. The highest BCUT2D eigenvalue weighted by atomic mass is 19.3. The molecule has 2 N–H and O–H groups in total. The zero-order chi connectivity index (χ0) is 11.4. The van der Waals surface area contributed by atoms with Crippen LogP contribution in [0.5, 0.6) is 5.75 Å². The van der Waals surface area contributed by atoms with Crippen LogP contribution in [0.1, 0.15) is 17.0 Å². The Morgan fingerprint density at radius 2 is 2.07 bits per heavy atom. The highest BCUT2D eigenvalue weighted by Crippen LogP contribution is 2.27. The average Bonchev–Trinajstić information content (AvgIpc) is 2.21. The molecule has 1 atom stereocenters. The quantitative estimate of drug-likeness (QED) is 0.836. The van der Waals surface area contributed by atoms with E-state index < -0.39 is 12.3 Å². The number of hydrogen-bond donors (Lipinski definition) is 1. The first-order valence-electron chi connectivity index (χ1n) is 4.73. The van der Waals surface area contributed by atoms with E-state index in [0.717, 1.165) is 5.56 Å². The van der Waals surface area contributed by atoms with Crippen LogP contribution >= 0.6 is 0 Å². The van der Waals surface area contributed by atoms with E-state index in [4.69, 9.17) is 10.5 Å². The number of benzene rings is 1. The van der Waals surface area contributed by atoms with Crippen LogP contribution in [0.3, 0.4) is 0 Å². The predicted molar refractivity (Wildman–Crippen MR) is 55.5 cm³/mol. The molecule has 0 saturated carbocycles. The number of hydrogen-bond acceptors (Lipinski definition) is 2. The van der Waals surface area contributed by atoms with Crippen LogP contribution in [0.4, 0.5) is 8.78 Å². The lowest BCUT2D eigenvalue weighted by Gasteiger charge is -2.15. The van der Waals surface area contributed by atoms with Crippen molar-refractivity contribution in [3.63, 3.8) is 0 Å². The number of aryl methyl sites for hydroxylation is 1. The van der Waals surface area contributed by atoms with Crippen LogP contribution in [0.2, 0.25) is 0 Å². The van der Waals surface area contributed by atoms with Gasteiger partial charge in [-0.1, -0.05) is 12.1 Å². The zero-order valence-electron chi connectivity index (χ0n) is 8.84. The van der Waals surface area contributed by atoms with Gasteiger partial charge < -0.3 is 10.5 Å². The van der Waals surface area contributed by atoms with Crippen LogP contribution in [0.15, 0.2) is 18.2 Å². The first-order chi connectivity index (χ1) is 7.10. The van der Waals surface area contributed by atoms with E-state index in [2.05, 4.69) is 0 Å². The van der Waals surface area contributed by atoms with Crippen LogP contribution < -0.4 is 10.5 Å². The molecule has 0 spiro atoms. The SMILES string of the molecule is COc1cc(C(CN)C(F)F)ccc1C. The molecule has 0 aliphatic heterocycles. The number of nitrogens with two attached hydrogens (primary N) is 1. The summed E-state index contributed by atoms with van der Waals surface area (Å²) in [6, 6.07) is 5.06. The summed E-state index contributed by atoms with van der Waals surface area (Å²) in [7, 11) is 1.52. The molecule has 84 valence electrons. The molecule has 0 aliphatic rings. The van der Waals surface area contributed by atoms with Crippen molar-refractivity contribution in [3.8, 4) is 5.75 Å². The maximum Gasteiger partial charge on any atom is 0.246 e. The van der Waals surface area contributed by atoms with Crippen molar-refractivity contribution in [1.29, 1.82) is 0 Å². The summed E-state index contributed by atoms with van der Waals surface area (Å²) in [6.45, 7) is 1.80. The second kappa shape index (κ2) is 5.07. The van der Waals surface area contributed by atoms with Crippen molar-refractivity contribution in [1.82, 2.24) is 0 Å². The fourth-order valence-electron chi connectivity index (χ4n) is 1.45. The Bertz CT molecular complexity index is 328. The van der Waals surface area contributed by atoms with Gasteiger partial charge in [-0.3, -0.25) is 0 Å². The molecule has 0 amide bonds. The van der Waals surface area contributed by atoms with Crippen molar-refractivity contribution < 1.29 is 13.5 Å². The lowest BCUT2D eigenvalue weighted by molar-refractivity contribution is 0.117. The Morgan fingerprint density at radius 3 is 2.53 bits per heavy atom. The van der Waals surface area contributed by atoms with E-state index in [1.807, 2.05) is 6.92 Å². The van der Waals surface area contributed by atoms with E-state index in [-0.39, 0.29) is 6.54 Å². The molecule has 1 unspecified atom stereocenters. The minimum atomic E-state index is -2.44. The fourth-order valence-corrected chi connectivity index (χ4v) is 1.45. The van der Waals surface area contributed by atoms with Gasteiger partial charge in [-0.05, 0) is 24.1 Å². The molecule has 4 heteroatoms. The summed E-state index contributed by atoms with van der Waals surface area (Å²) >= 11 is 0. The molecule has 0 aliphatic carbocycles. The summed E-state index contributed by atoms with van der Waals surface area (Å²) in [5, 5.41) is 0. The molecule has 1 rings (SSSR count). The second-order valence-electron chi connectivity index (χ2n) is 3.41. The Morgan fingerprint density at radius 1 is 1.40 bits per heavy atom. The Hall–Kier alpha value is -1.16. The third-order valence-electron chi connectivity index (χ3n) is 2.42. The van der Waals surface area contributed by atoms with Crippen LogP contribution in [-0.4, -0.2) is 20.1 Å². The molecular formula is C11H15F2NO. The molecule has 15 heavy (non-hydrogen) atoms. The van der Waals surface area contributed by atoms with Gasteiger partial charge >= 0.3 is 0 Å². The molecule has 2 nitrogen and oxygen atoms in total. The van der Waals surface area contributed by atoms with Gasteiger partial charge in [-0.15, -0.1) is 0 Å². The second-order valence-corrected chi connectivity index (χ2v) is 3.41. The van der Waals surface area contributed by atoms with Gasteiger partial charge in [0.2, 0.25) is 6.43 Å². The minimum Gasteiger partial charge on any atom is -0.496 e. The van der Waals surface area contributed by atoms with Crippen molar-refractivity contribution in [3.05, 3.63) is 29.3 Å². The number of rotatable bonds is 4. The molecule has 0 radical (unpaired) electrons. The third kappa shape index (κ3) is 2.65. The van der Waals surface area contributed by atoms with E-state index in [1.54, 1.807) is 18.2 Å². The van der Waals surface area contributed by atoms with E-state index in [0.29, 0.717) is 11.3 Å². The number of halogens is 2. The first-order valence-corrected chi connectivity index (χ1v) is 4.73. The molecule has 0 fully saturated rings. The topological polar surface area (TPSA) is 35.2 Å². The van der Waals surface area contributed by atoms with E-state index >= 15 is 0 Å². The lowest BCUT2D eigenvalue weighted by atomic mass is 9.98. The molecule has 0 bridgehead atoms. The van der Waals surface area contributed by atoms with Gasteiger partial charge in [0.25, 0.3) is 0 Å². The van der Waals surface area contributed by atoms with Gasteiger partial charge in [0.1, 0.15) is 5.75 Å². The van der Waals surface area contributed by atoms with Gasteiger partial charge in [0.15, 0.2) is 0 Å². The molecule has 0 aromatic heterocycles. The summed E-state index contributed by atoms with van der Waals surface area (Å²) in [4.78, 5) is 0. The van der Waals surface area contributed by atoms with Crippen LogP contribution in [0.25, 0.3) is 0 Å². The standard InChI is InChI=1S/C11H15F2NO/c1-7-3-4-8(5-10(7)15-2)9(6-14)11(12)13/h3-5,9,11H,6,14H2,1-2H3. The lowest BCUT2D eigenvalue weighted by Crippen LogP contribution is -2.19. The fraction of sp³-hybridized carbons (Fsp3) is 0.455. The van der Waals surface area contributed by atoms with E-state index in [9.17, 15) is 8.78 Å². The molecule has 1 aromatic rings. The van der Waals surface area contributed by atoms with Gasteiger partial charge in [0, 0.05) is 6.54 Å². The summed E-state index contributed by atoms with van der Waals surface area (Å²) < 4.78 is 30.3. The number of methoxy groups -OCH3 is 1. The van der Waals surface area contributed by atoms with Crippen LogP contribution in [-0.2, 0) is 0 Å². The molecule has 0 saturated heterocycles. The smallest absolute Gasteiger partial charge is 0.246 e. The van der Waals surface area contributed by atoms with Crippen LogP contribution in [0, 0.1) is 6.92 Å². The maximum atomic E-state index is 12.6. The summed E-state index contributed by atoms with van der Waals surface area (Å²) in [6.07, 6.45) is -2.44. The van der Waals surface area contributed by atoms with Gasteiger partial charge in [0.05, 0.1) is 13.0 Å². The molecule has 0 heterocycles. The molecular weight excluding hydrogens is 200 g/mol. The number of ether oxygens (including phenoxy) is 1. The van der Waals surface area contributed by atoms with Crippen molar-refractivity contribution >= 4 is 0 Å². The highest BCUT2D eigenvalue weighted by Gasteiger charge is 2.21. The zero-order valence-corrected chi connectivity index (χ0v) is 8.84. The Labute approximate surface area is 88.0 Å². The van der Waals surface area contributed by atoms with Gasteiger partial charge in [-0.2, -0.15) is 0 Å². The highest BCUT2D eigenvalue weighted by molar-refractivity contribution is 5.38. The Balaban J connectivity index is 3.03.